The van der Waals surface area contributed by atoms with E-state index >= 15 is 0 Å². The molecular weight excluding hydrogens is 534 g/mol. The molecule has 0 aromatic heterocycles. The number of benzene rings is 3. The number of hydrogen-bond acceptors (Lipinski definition) is 4. The Morgan fingerprint density at radius 3 is 2.21 bits per heavy atom. The van der Waals surface area contributed by atoms with Crippen LogP contribution in [-0.4, -0.2) is 43.8 Å². The second kappa shape index (κ2) is 13.1. The van der Waals surface area contributed by atoms with Gasteiger partial charge in [-0.2, -0.15) is 0 Å². The molecule has 7 nitrogen and oxygen atoms in total. The smallest absolute Gasteiger partial charge is 0.264 e. The van der Waals surface area contributed by atoms with Crippen molar-refractivity contribution in [3.8, 4) is 0 Å². The highest BCUT2D eigenvalue weighted by Gasteiger charge is 2.34. The zero-order chi connectivity index (χ0) is 28.7. The number of amides is 2. The van der Waals surface area contributed by atoms with Crippen LogP contribution >= 0.6 is 11.6 Å². The number of hydrogen-bond donors (Lipinski definition) is 1. The molecule has 3 aromatic carbocycles. The van der Waals surface area contributed by atoms with Gasteiger partial charge in [0, 0.05) is 17.6 Å². The highest BCUT2D eigenvalue weighted by atomic mass is 35.5. The first-order valence-electron chi connectivity index (χ1n) is 12.9. The van der Waals surface area contributed by atoms with Gasteiger partial charge >= 0.3 is 0 Å². The summed E-state index contributed by atoms with van der Waals surface area (Å²) in [7, 11) is -4.12. The van der Waals surface area contributed by atoms with Crippen molar-refractivity contribution in [3.05, 3.63) is 94.5 Å². The maximum Gasteiger partial charge on any atom is 0.264 e. The molecule has 0 bridgehead atoms. The van der Waals surface area contributed by atoms with Crippen LogP contribution in [0.15, 0.2) is 77.7 Å². The van der Waals surface area contributed by atoms with E-state index in [-0.39, 0.29) is 23.4 Å². The van der Waals surface area contributed by atoms with E-state index in [9.17, 15) is 18.0 Å². The van der Waals surface area contributed by atoms with Gasteiger partial charge < -0.3 is 10.2 Å². The molecule has 1 N–H and O–H groups in total. The first-order chi connectivity index (χ1) is 18.4. The molecule has 1 atom stereocenters. The van der Waals surface area contributed by atoms with Crippen molar-refractivity contribution in [1.29, 1.82) is 0 Å². The summed E-state index contributed by atoms with van der Waals surface area (Å²) in [6, 6.07) is 19.6. The molecule has 39 heavy (non-hydrogen) atoms. The summed E-state index contributed by atoms with van der Waals surface area (Å²) in [4.78, 5) is 28.8. The van der Waals surface area contributed by atoms with Gasteiger partial charge in [-0.05, 0) is 75.1 Å². The maximum absolute atomic E-state index is 14.1. The normalized spacial score (nSPS) is 12.2. The van der Waals surface area contributed by atoms with Gasteiger partial charge in [0.1, 0.15) is 12.6 Å². The highest BCUT2D eigenvalue weighted by molar-refractivity contribution is 7.92. The standard InChI is InChI=1S/C30H36ClN3O4S/c1-6-27(30(36)32-21(2)3)33(19-24-12-10-11-15-26(24)31)29(35)20-34(28-18-22(4)16-17-23(28)5)39(37,38)25-13-8-7-9-14-25/h7-18,21,27H,6,19-20H2,1-5H3,(H,32,36). The molecule has 208 valence electrons. The Labute approximate surface area is 236 Å². The van der Waals surface area contributed by atoms with Gasteiger partial charge in [-0.3, -0.25) is 13.9 Å². The van der Waals surface area contributed by atoms with Crippen LogP contribution in [0.1, 0.15) is 43.9 Å². The van der Waals surface area contributed by atoms with Gasteiger partial charge in [-0.1, -0.05) is 67.1 Å². The average Bonchev–Trinajstić information content (AvgIpc) is 2.89. The van der Waals surface area contributed by atoms with E-state index in [0.29, 0.717) is 28.3 Å². The SMILES string of the molecule is CCC(C(=O)NC(C)C)N(Cc1ccccc1Cl)C(=O)CN(c1cc(C)ccc1C)S(=O)(=O)c1ccccc1. The molecule has 0 radical (unpaired) electrons. The topological polar surface area (TPSA) is 86.8 Å². The van der Waals surface area contributed by atoms with Crippen molar-refractivity contribution in [2.75, 3.05) is 10.8 Å². The Morgan fingerprint density at radius 1 is 0.949 bits per heavy atom. The van der Waals surface area contributed by atoms with Crippen LogP contribution in [0, 0.1) is 13.8 Å². The molecule has 0 aliphatic heterocycles. The van der Waals surface area contributed by atoms with Gasteiger partial charge in [-0.15, -0.1) is 0 Å². The quantitative estimate of drug-likeness (QED) is 0.331. The van der Waals surface area contributed by atoms with Gasteiger partial charge in [-0.25, -0.2) is 8.42 Å². The molecule has 2 amide bonds. The third kappa shape index (κ3) is 7.40. The second-order valence-corrected chi connectivity index (χ2v) is 12.1. The summed E-state index contributed by atoms with van der Waals surface area (Å²) in [5.41, 5.74) is 2.62. The molecule has 9 heteroatoms. The summed E-state index contributed by atoms with van der Waals surface area (Å²) >= 11 is 6.43. The number of nitrogens with one attached hydrogen (secondary N) is 1. The fraction of sp³-hybridized carbons (Fsp3) is 0.333. The molecule has 0 aliphatic rings. The number of carbonyl (C=O) groups is 2. The van der Waals surface area contributed by atoms with Crippen molar-refractivity contribution in [2.24, 2.45) is 0 Å². The predicted octanol–water partition coefficient (Wildman–Crippen LogP) is 5.48. The van der Waals surface area contributed by atoms with Gasteiger partial charge in [0.05, 0.1) is 10.6 Å². The number of anilines is 1. The summed E-state index contributed by atoms with van der Waals surface area (Å²) in [5, 5.41) is 3.35. The molecule has 0 saturated heterocycles. The van der Waals surface area contributed by atoms with Crippen LogP contribution in [0.3, 0.4) is 0 Å². The first-order valence-corrected chi connectivity index (χ1v) is 14.8. The lowest BCUT2D eigenvalue weighted by Gasteiger charge is -2.34. The van der Waals surface area contributed by atoms with Crippen LogP contribution in [0.5, 0.6) is 0 Å². The monoisotopic (exact) mass is 569 g/mol. The first kappa shape index (κ1) is 30.2. The minimum Gasteiger partial charge on any atom is -0.352 e. The van der Waals surface area contributed by atoms with Crippen LogP contribution in [0.4, 0.5) is 5.69 Å². The van der Waals surface area contributed by atoms with Crippen molar-refractivity contribution in [1.82, 2.24) is 10.2 Å². The maximum atomic E-state index is 14.1. The van der Waals surface area contributed by atoms with Crippen molar-refractivity contribution >= 4 is 39.1 Å². The Balaban J connectivity index is 2.11. The molecule has 0 spiro atoms. The summed E-state index contributed by atoms with van der Waals surface area (Å²) in [6.45, 7) is 8.75. The molecule has 1 unspecified atom stereocenters. The van der Waals surface area contributed by atoms with Crippen LogP contribution in [0.25, 0.3) is 0 Å². The van der Waals surface area contributed by atoms with Crippen LogP contribution in [0.2, 0.25) is 5.02 Å². The van der Waals surface area contributed by atoms with E-state index in [1.165, 1.54) is 17.0 Å². The van der Waals surface area contributed by atoms with Gasteiger partial charge in [0.2, 0.25) is 11.8 Å². The van der Waals surface area contributed by atoms with E-state index in [1.54, 1.807) is 55.5 Å². The third-order valence-electron chi connectivity index (χ3n) is 6.36. The van der Waals surface area contributed by atoms with Crippen LogP contribution < -0.4 is 9.62 Å². The lowest BCUT2D eigenvalue weighted by Crippen LogP contribution is -2.53. The molecule has 3 rings (SSSR count). The number of halogens is 1. The lowest BCUT2D eigenvalue weighted by molar-refractivity contribution is -0.140. The second-order valence-electron chi connectivity index (χ2n) is 9.82. The number of sulfonamides is 1. The van der Waals surface area contributed by atoms with E-state index in [2.05, 4.69) is 5.32 Å². The highest BCUT2D eigenvalue weighted by Crippen LogP contribution is 2.29. The van der Waals surface area contributed by atoms with Gasteiger partial charge in [0.25, 0.3) is 10.0 Å². The predicted molar refractivity (Wildman–Crippen MR) is 156 cm³/mol. The number of carbonyl (C=O) groups excluding carboxylic acids is 2. The Bertz CT molecular complexity index is 1410. The largest absolute Gasteiger partial charge is 0.352 e. The number of aryl methyl sites for hydroxylation is 2. The molecule has 0 heterocycles. The zero-order valence-corrected chi connectivity index (χ0v) is 24.6. The zero-order valence-electron chi connectivity index (χ0n) is 23.0. The molecule has 0 aliphatic carbocycles. The van der Waals surface area contributed by atoms with Crippen molar-refractivity contribution in [3.63, 3.8) is 0 Å². The van der Waals surface area contributed by atoms with E-state index in [1.807, 2.05) is 39.8 Å². The Kier molecular flexibility index (Phi) is 10.2. The van der Waals surface area contributed by atoms with Gasteiger partial charge in [0.15, 0.2) is 0 Å². The minimum atomic E-state index is -4.12. The average molecular weight is 570 g/mol. The molecule has 0 saturated carbocycles. The summed E-state index contributed by atoms with van der Waals surface area (Å²) in [5.74, 6) is -0.821. The van der Waals surface area contributed by atoms with E-state index in [4.69, 9.17) is 11.6 Å². The van der Waals surface area contributed by atoms with Crippen molar-refractivity contribution < 1.29 is 18.0 Å². The number of nitrogens with zero attached hydrogens (tertiary/aromatic N) is 2. The van der Waals surface area contributed by atoms with E-state index < -0.39 is 28.5 Å². The molecule has 3 aromatic rings. The fourth-order valence-corrected chi connectivity index (χ4v) is 6.02. The Hall–Kier alpha value is -3.36. The summed E-state index contributed by atoms with van der Waals surface area (Å²) < 4.78 is 29.0. The van der Waals surface area contributed by atoms with Crippen LogP contribution in [-0.2, 0) is 26.2 Å². The molecule has 0 fully saturated rings. The minimum absolute atomic E-state index is 0.0502. The molecular formula is C30H36ClN3O4S. The van der Waals surface area contributed by atoms with E-state index in [0.717, 1.165) is 9.87 Å². The van der Waals surface area contributed by atoms with Crippen molar-refractivity contribution in [2.45, 2.75) is 64.6 Å². The Morgan fingerprint density at radius 2 is 1.59 bits per heavy atom. The lowest BCUT2D eigenvalue weighted by atomic mass is 10.1. The fourth-order valence-electron chi connectivity index (χ4n) is 4.33. The third-order valence-corrected chi connectivity index (χ3v) is 8.50. The number of rotatable bonds is 11. The summed E-state index contributed by atoms with van der Waals surface area (Å²) in [6.07, 6.45) is 0.337.